The second kappa shape index (κ2) is 3.73. The first-order valence-electron chi connectivity index (χ1n) is 0.548. The van der Waals surface area contributed by atoms with E-state index < -0.39 is 5.09 Å². The van der Waals surface area contributed by atoms with Crippen LogP contribution in [-0.4, -0.2) is 22.4 Å². The van der Waals surface area contributed by atoms with Crippen LogP contribution in [0.2, 0.25) is 0 Å². The molecule has 24 valence electrons. The van der Waals surface area contributed by atoms with Crippen LogP contribution in [0, 0.1) is 15.3 Å². The van der Waals surface area contributed by atoms with Crippen LogP contribution in [-0.2, 0) is 0 Å². The molecule has 0 aliphatic carbocycles. The minimum Gasteiger partial charge on any atom is -0.356 e. The van der Waals surface area contributed by atoms with Gasteiger partial charge in [0, 0.05) is 0 Å². The normalized spacial score (nSPS) is 4.80. The fraction of sp³-hybridized carbons (Fsp3) is 0. The average molecular weight is 89.0 g/mol. The van der Waals surface area contributed by atoms with Crippen molar-refractivity contribution >= 4 is 17.4 Å². The molecule has 0 saturated heterocycles. The Hall–Kier alpha value is -0.268. The molecule has 0 aliphatic rings. The van der Waals surface area contributed by atoms with Crippen molar-refractivity contribution in [1.29, 1.82) is 0 Å². The van der Waals surface area contributed by atoms with E-state index in [4.69, 9.17) is 15.3 Å². The Morgan fingerprint density at radius 2 is 1.40 bits per heavy atom. The van der Waals surface area contributed by atoms with Gasteiger partial charge in [-0.3, -0.25) is 0 Å². The van der Waals surface area contributed by atoms with Crippen LogP contribution in [0.5, 0.6) is 0 Å². The Balaban J connectivity index is 0. The minimum absolute atomic E-state index is 0. The first-order chi connectivity index (χ1) is 1.73. The third-order valence-corrected chi connectivity index (χ3v) is 0. The summed E-state index contributed by atoms with van der Waals surface area (Å²) < 4.78 is 0. The van der Waals surface area contributed by atoms with Crippen molar-refractivity contribution < 1.29 is 5.09 Å². The zero-order valence-corrected chi connectivity index (χ0v) is 3.40. The number of nitrogens with zero attached hydrogens (tertiary/aromatic N) is 1. The van der Waals surface area contributed by atoms with Crippen molar-refractivity contribution in [3.05, 3.63) is 15.3 Å². The maximum absolute atomic E-state index is 8.25. The van der Waals surface area contributed by atoms with Crippen molar-refractivity contribution in [1.82, 2.24) is 0 Å². The molecular formula is AlNO3+2. The van der Waals surface area contributed by atoms with Gasteiger partial charge < -0.3 is 15.3 Å². The molecule has 0 rings (SSSR count). The molecule has 0 aromatic heterocycles. The minimum atomic E-state index is -1.75. The SMILES string of the molecule is O=[N+]([O-])[O-].[Al+3]. The third-order valence-electron chi connectivity index (χ3n) is 0. The monoisotopic (exact) mass is 89.0 g/mol. The van der Waals surface area contributed by atoms with Gasteiger partial charge in [-0.05, 0) is 0 Å². The van der Waals surface area contributed by atoms with Crippen LogP contribution >= 0.6 is 0 Å². The van der Waals surface area contributed by atoms with E-state index >= 15 is 0 Å². The van der Waals surface area contributed by atoms with Crippen molar-refractivity contribution in [2.75, 3.05) is 0 Å². The van der Waals surface area contributed by atoms with E-state index in [1.165, 1.54) is 0 Å². The molecular weight excluding hydrogens is 89.0 g/mol. The third kappa shape index (κ3) is 157. The van der Waals surface area contributed by atoms with Gasteiger partial charge in [-0.25, -0.2) is 0 Å². The van der Waals surface area contributed by atoms with Gasteiger partial charge in [-0.2, -0.15) is 0 Å². The fourth-order valence-electron chi connectivity index (χ4n) is 0. The number of rotatable bonds is 0. The van der Waals surface area contributed by atoms with Crippen molar-refractivity contribution in [2.24, 2.45) is 0 Å². The molecule has 0 N–H and O–H groups in total. The van der Waals surface area contributed by atoms with E-state index in [9.17, 15) is 0 Å². The molecule has 0 bridgehead atoms. The Morgan fingerprint density at radius 1 is 1.40 bits per heavy atom. The molecule has 0 unspecified atom stereocenters. The molecule has 0 heterocycles. The van der Waals surface area contributed by atoms with Crippen LogP contribution < -0.4 is 0 Å². The van der Waals surface area contributed by atoms with Crippen LogP contribution in [0.25, 0.3) is 0 Å². The van der Waals surface area contributed by atoms with Crippen LogP contribution in [0.1, 0.15) is 0 Å². The van der Waals surface area contributed by atoms with Gasteiger partial charge in [0.15, 0.2) is 0 Å². The molecule has 0 aromatic rings. The first-order valence-corrected chi connectivity index (χ1v) is 0.548. The second-order valence-electron chi connectivity index (χ2n) is 0.224. The van der Waals surface area contributed by atoms with Crippen molar-refractivity contribution in [3.8, 4) is 0 Å². The van der Waals surface area contributed by atoms with Crippen LogP contribution in [0.3, 0.4) is 0 Å². The summed E-state index contributed by atoms with van der Waals surface area (Å²) in [7, 11) is 0. The summed E-state index contributed by atoms with van der Waals surface area (Å²) in [6.07, 6.45) is 0. The topological polar surface area (TPSA) is 66.2 Å². The zero-order chi connectivity index (χ0) is 3.58. The van der Waals surface area contributed by atoms with Gasteiger partial charge in [0.25, 0.3) is 0 Å². The summed E-state index contributed by atoms with van der Waals surface area (Å²) in [6, 6.07) is 0. The van der Waals surface area contributed by atoms with Crippen molar-refractivity contribution in [2.45, 2.75) is 0 Å². The average Bonchev–Trinajstić information content (AvgIpc) is 0.811. The van der Waals surface area contributed by atoms with Crippen LogP contribution in [0.4, 0.5) is 0 Å². The molecule has 5 heavy (non-hydrogen) atoms. The first kappa shape index (κ1) is 8.83. The zero-order valence-electron chi connectivity index (χ0n) is 2.25. The van der Waals surface area contributed by atoms with Crippen molar-refractivity contribution in [3.63, 3.8) is 0 Å². The van der Waals surface area contributed by atoms with Crippen LogP contribution in [0.15, 0.2) is 0 Å². The van der Waals surface area contributed by atoms with E-state index in [1.807, 2.05) is 0 Å². The largest absolute Gasteiger partial charge is 3.00 e. The van der Waals surface area contributed by atoms with Gasteiger partial charge >= 0.3 is 17.4 Å². The van der Waals surface area contributed by atoms with Gasteiger partial charge in [0.2, 0.25) is 0 Å². The molecule has 0 atom stereocenters. The van der Waals surface area contributed by atoms with Gasteiger partial charge in [-0.15, -0.1) is 0 Å². The van der Waals surface area contributed by atoms with Gasteiger partial charge in [0.05, 0.1) is 5.09 Å². The molecule has 0 amide bonds. The number of hydrogen-bond acceptors (Lipinski definition) is 3. The molecule has 0 radical (unpaired) electrons. The van der Waals surface area contributed by atoms with Gasteiger partial charge in [-0.1, -0.05) is 0 Å². The number of hydrogen-bond donors (Lipinski definition) is 0. The van der Waals surface area contributed by atoms with E-state index in [2.05, 4.69) is 0 Å². The molecule has 0 spiro atoms. The molecule has 4 nitrogen and oxygen atoms in total. The van der Waals surface area contributed by atoms with E-state index in [1.54, 1.807) is 0 Å². The Kier molecular flexibility index (Phi) is 6.59. The molecule has 0 saturated carbocycles. The predicted molar refractivity (Wildman–Crippen MR) is 16.1 cm³/mol. The molecule has 0 fully saturated rings. The summed E-state index contributed by atoms with van der Waals surface area (Å²) in [5, 5.41) is 14.8. The predicted octanol–water partition coefficient (Wildman–Crippen LogP) is -0.620. The molecule has 0 aliphatic heterocycles. The fourth-order valence-corrected chi connectivity index (χ4v) is 0. The maximum Gasteiger partial charge on any atom is 3.00 e. The summed E-state index contributed by atoms with van der Waals surface area (Å²) in [5.41, 5.74) is 0. The molecule has 5 heteroatoms. The summed E-state index contributed by atoms with van der Waals surface area (Å²) >= 11 is 0. The van der Waals surface area contributed by atoms with E-state index in [0.29, 0.717) is 0 Å². The second-order valence-corrected chi connectivity index (χ2v) is 0.224. The Morgan fingerprint density at radius 3 is 1.40 bits per heavy atom. The summed E-state index contributed by atoms with van der Waals surface area (Å²) in [4.78, 5) is 8.25. The maximum atomic E-state index is 8.25. The summed E-state index contributed by atoms with van der Waals surface area (Å²) in [5.74, 6) is 0. The van der Waals surface area contributed by atoms with E-state index in [-0.39, 0.29) is 17.4 Å². The van der Waals surface area contributed by atoms with E-state index in [0.717, 1.165) is 0 Å². The quantitative estimate of drug-likeness (QED) is 0.225. The Bertz CT molecular complexity index is 29.9. The summed E-state index contributed by atoms with van der Waals surface area (Å²) in [6.45, 7) is 0. The standard InChI is InChI=1S/Al.NO3/c;2-1(3)4/q+3;-1. The van der Waals surface area contributed by atoms with Gasteiger partial charge in [0.1, 0.15) is 0 Å². The Labute approximate surface area is 38.6 Å². The smallest absolute Gasteiger partial charge is 0.356 e. The molecule has 0 aromatic carbocycles.